The number of hydrogen-bond donors (Lipinski definition) is 2. The van der Waals surface area contributed by atoms with Gasteiger partial charge in [-0.05, 0) is 12.3 Å². The highest BCUT2D eigenvalue weighted by atomic mass is 32.2. The number of nitrogens with one attached hydrogen (secondary N) is 1. The Morgan fingerprint density at radius 3 is 2.94 bits per heavy atom. The van der Waals surface area contributed by atoms with E-state index in [0.29, 0.717) is 5.03 Å². The molecular weight excluding hydrogens is 238 g/mol. The van der Waals surface area contributed by atoms with Crippen LogP contribution in [-0.4, -0.2) is 28.2 Å². The summed E-state index contributed by atoms with van der Waals surface area (Å²) in [7, 11) is 0. The average molecular weight is 246 g/mol. The van der Waals surface area contributed by atoms with Gasteiger partial charge in [-0.2, -0.15) is 8.78 Å². The van der Waals surface area contributed by atoms with Crippen molar-refractivity contribution in [1.29, 1.82) is 0 Å². The SMILES string of the molecule is CSc1cc2c(cn1)[C@H](O)C(F)(F)C(=O)N2. The molecule has 2 heterocycles. The van der Waals surface area contributed by atoms with Gasteiger partial charge >= 0.3 is 5.92 Å². The Balaban J connectivity index is 2.51. The highest BCUT2D eigenvalue weighted by molar-refractivity contribution is 7.98. The van der Waals surface area contributed by atoms with E-state index in [1.807, 2.05) is 0 Å². The summed E-state index contributed by atoms with van der Waals surface area (Å²) in [5.74, 6) is -5.30. The molecule has 86 valence electrons. The molecule has 1 aliphatic rings. The normalized spacial score (nSPS) is 22.5. The fourth-order valence-electron chi connectivity index (χ4n) is 1.41. The molecule has 1 aliphatic heterocycles. The second-order valence-corrected chi connectivity index (χ2v) is 4.12. The molecule has 0 fully saturated rings. The third-order valence-corrected chi connectivity index (χ3v) is 2.95. The zero-order chi connectivity index (χ0) is 11.9. The summed E-state index contributed by atoms with van der Waals surface area (Å²) < 4.78 is 26.3. The van der Waals surface area contributed by atoms with E-state index in [-0.39, 0.29) is 11.3 Å². The van der Waals surface area contributed by atoms with Crippen LogP contribution in [0.15, 0.2) is 17.3 Å². The summed E-state index contributed by atoms with van der Waals surface area (Å²) in [6.45, 7) is 0. The molecule has 16 heavy (non-hydrogen) atoms. The predicted molar refractivity (Wildman–Crippen MR) is 54.6 cm³/mol. The molecule has 4 nitrogen and oxygen atoms in total. The molecule has 1 aromatic heterocycles. The largest absolute Gasteiger partial charge is 0.381 e. The topological polar surface area (TPSA) is 62.2 Å². The number of fused-ring (bicyclic) bond motifs is 1. The van der Waals surface area contributed by atoms with Crippen LogP contribution in [0.25, 0.3) is 0 Å². The summed E-state index contributed by atoms with van der Waals surface area (Å²) in [5.41, 5.74) is 0.116. The first-order chi connectivity index (χ1) is 7.46. The summed E-state index contributed by atoms with van der Waals surface area (Å²) in [6, 6.07) is 1.45. The van der Waals surface area contributed by atoms with Crippen LogP contribution in [-0.2, 0) is 4.79 Å². The Hall–Kier alpha value is -1.21. The summed E-state index contributed by atoms with van der Waals surface area (Å²) in [5, 5.41) is 12.0. The van der Waals surface area contributed by atoms with Gasteiger partial charge in [0.2, 0.25) is 0 Å². The van der Waals surface area contributed by atoms with Gasteiger partial charge in [-0.15, -0.1) is 11.8 Å². The van der Waals surface area contributed by atoms with Crippen LogP contribution in [0.5, 0.6) is 0 Å². The van der Waals surface area contributed by atoms with E-state index in [2.05, 4.69) is 10.3 Å². The van der Waals surface area contributed by atoms with Gasteiger partial charge in [0.15, 0.2) is 6.10 Å². The number of halogens is 2. The van der Waals surface area contributed by atoms with Gasteiger partial charge in [-0.3, -0.25) is 4.79 Å². The molecule has 0 unspecified atom stereocenters. The van der Waals surface area contributed by atoms with E-state index in [1.54, 1.807) is 6.26 Å². The van der Waals surface area contributed by atoms with Crippen molar-refractivity contribution in [1.82, 2.24) is 4.98 Å². The van der Waals surface area contributed by atoms with Gasteiger partial charge in [0, 0.05) is 11.8 Å². The summed E-state index contributed by atoms with van der Waals surface area (Å²) in [6.07, 6.45) is 0.781. The van der Waals surface area contributed by atoms with Crippen molar-refractivity contribution >= 4 is 23.4 Å². The predicted octanol–water partition coefficient (Wildman–Crippen LogP) is 1.42. The number of thioether (sulfide) groups is 1. The van der Waals surface area contributed by atoms with Crippen molar-refractivity contribution in [2.45, 2.75) is 17.1 Å². The van der Waals surface area contributed by atoms with Gasteiger partial charge in [0.1, 0.15) is 0 Å². The Labute approximate surface area is 94.1 Å². The average Bonchev–Trinajstić information content (AvgIpc) is 2.26. The Morgan fingerprint density at radius 2 is 2.31 bits per heavy atom. The lowest BCUT2D eigenvalue weighted by molar-refractivity contribution is -0.159. The van der Waals surface area contributed by atoms with Gasteiger partial charge < -0.3 is 10.4 Å². The van der Waals surface area contributed by atoms with E-state index < -0.39 is 17.9 Å². The first-order valence-corrected chi connectivity index (χ1v) is 5.60. The molecule has 0 radical (unpaired) electrons. The van der Waals surface area contributed by atoms with E-state index in [9.17, 15) is 18.7 Å². The monoisotopic (exact) mass is 246 g/mol. The maximum atomic E-state index is 13.2. The zero-order valence-electron chi connectivity index (χ0n) is 8.20. The molecule has 0 aliphatic carbocycles. The minimum absolute atomic E-state index is 0.0672. The Kier molecular flexibility index (Phi) is 2.59. The van der Waals surface area contributed by atoms with Crippen molar-refractivity contribution in [2.24, 2.45) is 0 Å². The number of aliphatic hydroxyl groups is 1. The Bertz CT molecular complexity index is 453. The molecule has 2 N–H and O–H groups in total. The smallest absolute Gasteiger partial charge is 0.354 e. The summed E-state index contributed by atoms with van der Waals surface area (Å²) in [4.78, 5) is 14.9. The number of anilines is 1. The lowest BCUT2D eigenvalue weighted by atomic mass is 9.99. The lowest BCUT2D eigenvalue weighted by Gasteiger charge is -2.28. The fraction of sp³-hybridized carbons (Fsp3) is 0.333. The van der Waals surface area contributed by atoms with Crippen molar-refractivity contribution in [2.75, 3.05) is 11.6 Å². The van der Waals surface area contributed by atoms with Crippen LogP contribution >= 0.6 is 11.8 Å². The number of hydrogen-bond acceptors (Lipinski definition) is 4. The molecule has 7 heteroatoms. The molecule has 1 atom stereocenters. The number of carbonyl (C=O) groups excluding carboxylic acids is 1. The van der Waals surface area contributed by atoms with Crippen LogP contribution in [0.4, 0.5) is 14.5 Å². The standard InChI is InChI=1S/C9H8F2N2O2S/c1-16-6-2-5-4(3-12-6)7(14)9(10,11)8(15)13-5/h2-3,7,14H,1H3,(H,13,15)/t7-/m0/s1. The van der Waals surface area contributed by atoms with E-state index >= 15 is 0 Å². The molecule has 1 amide bonds. The van der Waals surface area contributed by atoms with Crippen LogP contribution < -0.4 is 5.32 Å². The summed E-state index contributed by atoms with van der Waals surface area (Å²) >= 11 is 1.31. The third kappa shape index (κ3) is 1.56. The molecule has 2 rings (SSSR count). The fourth-order valence-corrected chi connectivity index (χ4v) is 1.80. The number of aliphatic hydroxyl groups excluding tert-OH is 1. The molecule has 0 saturated carbocycles. The minimum Gasteiger partial charge on any atom is -0.381 e. The van der Waals surface area contributed by atoms with Gasteiger partial charge in [0.25, 0.3) is 5.91 Å². The van der Waals surface area contributed by atoms with Crippen molar-refractivity contribution in [3.8, 4) is 0 Å². The molecule has 0 saturated heterocycles. The van der Waals surface area contributed by atoms with Gasteiger partial charge in [0.05, 0.1) is 10.7 Å². The number of alkyl halides is 2. The van der Waals surface area contributed by atoms with E-state index in [0.717, 1.165) is 6.20 Å². The second-order valence-electron chi connectivity index (χ2n) is 3.29. The quantitative estimate of drug-likeness (QED) is 0.736. The lowest BCUT2D eigenvalue weighted by Crippen LogP contribution is -2.44. The second kappa shape index (κ2) is 3.67. The number of amides is 1. The molecular formula is C9H8F2N2O2S. The van der Waals surface area contributed by atoms with Crippen LogP contribution in [0.3, 0.4) is 0 Å². The maximum Gasteiger partial charge on any atom is 0.354 e. The van der Waals surface area contributed by atoms with Crippen LogP contribution in [0.2, 0.25) is 0 Å². The molecule has 1 aromatic rings. The maximum absolute atomic E-state index is 13.2. The number of rotatable bonds is 1. The number of pyridine rings is 1. The number of aromatic nitrogens is 1. The molecule has 0 aromatic carbocycles. The minimum atomic E-state index is -3.81. The van der Waals surface area contributed by atoms with Crippen LogP contribution in [0.1, 0.15) is 11.7 Å². The van der Waals surface area contributed by atoms with Crippen molar-refractivity contribution < 1.29 is 18.7 Å². The van der Waals surface area contributed by atoms with Gasteiger partial charge in [-0.1, -0.05) is 0 Å². The third-order valence-electron chi connectivity index (χ3n) is 2.31. The first-order valence-electron chi connectivity index (χ1n) is 4.38. The van der Waals surface area contributed by atoms with Gasteiger partial charge in [-0.25, -0.2) is 4.98 Å². The highest BCUT2D eigenvalue weighted by Crippen LogP contribution is 2.40. The number of nitrogens with zero attached hydrogens (tertiary/aromatic N) is 1. The van der Waals surface area contributed by atoms with Crippen LogP contribution in [0, 0.1) is 0 Å². The number of carbonyl (C=O) groups is 1. The first kappa shape index (κ1) is 11.3. The Morgan fingerprint density at radius 1 is 1.62 bits per heavy atom. The van der Waals surface area contributed by atoms with Crippen molar-refractivity contribution in [3.63, 3.8) is 0 Å². The van der Waals surface area contributed by atoms with E-state index in [1.165, 1.54) is 17.8 Å². The highest BCUT2D eigenvalue weighted by Gasteiger charge is 2.51. The molecule has 0 bridgehead atoms. The van der Waals surface area contributed by atoms with Crippen molar-refractivity contribution in [3.05, 3.63) is 17.8 Å². The zero-order valence-corrected chi connectivity index (χ0v) is 9.02. The molecule has 0 spiro atoms. The van der Waals surface area contributed by atoms with E-state index in [4.69, 9.17) is 0 Å².